The minimum Gasteiger partial charge on any atom is -0.355 e. The van der Waals surface area contributed by atoms with Crippen LogP contribution >= 0.6 is 0 Å². The number of carbonyl (C=O) groups excluding carboxylic acids is 2. The summed E-state index contributed by atoms with van der Waals surface area (Å²) in [6, 6.07) is 5.23. The van der Waals surface area contributed by atoms with Gasteiger partial charge in [0.1, 0.15) is 0 Å². The van der Waals surface area contributed by atoms with Gasteiger partial charge in [0.25, 0.3) is 11.8 Å². The molecule has 0 unspecified atom stereocenters. The minimum atomic E-state index is -0.187. The number of aromatic nitrogens is 4. The molecule has 2 amide bonds. The lowest BCUT2D eigenvalue weighted by atomic mass is 9.91. The monoisotopic (exact) mass is 422 g/mol. The van der Waals surface area contributed by atoms with E-state index in [9.17, 15) is 9.59 Å². The smallest absolute Gasteiger partial charge is 0.276 e. The zero-order valence-corrected chi connectivity index (χ0v) is 17.9. The van der Waals surface area contributed by atoms with E-state index >= 15 is 0 Å². The van der Waals surface area contributed by atoms with Crippen molar-refractivity contribution >= 4 is 11.8 Å². The van der Waals surface area contributed by atoms with E-state index in [4.69, 9.17) is 4.52 Å². The van der Waals surface area contributed by atoms with Gasteiger partial charge < -0.3 is 14.7 Å². The predicted octanol–water partition coefficient (Wildman–Crippen LogP) is 2.63. The topological polar surface area (TPSA) is 106 Å². The van der Waals surface area contributed by atoms with Crippen LogP contribution in [-0.2, 0) is 7.05 Å². The molecule has 3 aromatic heterocycles. The van der Waals surface area contributed by atoms with Crippen LogP contribution < -0.4 is 5.32 Å². The molecule has 0 aromatic carbocycles. The van der Waals surface area contributed by atoms with Crippen molar-refractivity contribution in [1.82, 2.24) is 30.1 Å². The number of rotatable bonds is 5. The highest BCUT2D eigenvalue weighted by atomic mass is 16.5. The lowest BCUT2D eigenvalue weighted by Crippen LogP contribution is -2.40. The lowest BCUT2D eigenvalue weighted by molar-refractivity contribution is 0.0695. The van der Waals surface area contributed by atoms with Gasteiger partial charge in [0.2, 0.25) is 0 Å². The van der Waals surface area contributed by atoms with Gasteiger partial charge in [-0.1, -0.05) is 5.16 Å². The quantitative estimate of drug-likeness (QED) is 0.677. The largest absolute Gasteiger partial charge is 0.355 e. The number of piperidine rings is 1. The lowest BCUT2D eigenvalue weighted by Gasteiger charge is -2.32. The van der Waals surface area contributed by atoms with E-state index in [-0.39, 0.29) is 29.5 Å². The molecule has 1 saturated heterocycles. The van der Waals surface area contributed by atoms with E-state index in [0.717, 1.165) is 24.1 Å². The number of aryl methyl sites for hydroxylation is 1. The van der Waals surface area contributed by atoms with Crippen LogP contribution in [0.1, 0.15) is 59.1 Å². The number of hydrogen-bond donors (Lipinski definition) is 1. The summed E-state index contributed by atoms with van der Waals surface area (Å²) >= 11 is 0. The van der Waals surface area contributed by atoms with Gasteiger partial charge in [0.15, 0.2) is 11.5 Å². The number of carbonyl (C=O) groups is 2. The average Bonchev–Trinajstić information content (AvgIpc) is 3.42. The van der Waals surface area contributed by atoms with Crippen molar-refractivity contribution in [3.8, 4) is 11.3 Å². The van der Waals surface area contributed by atoms with Gasteiger partial charge >= 0.3 is 0 Å². The summed E-state index contributed by atoms with van der Waals surface area (Å²) in [6.07, 6.45) is 6.85. The van der Waals surface area contributed by atoms with Crippen LogP contribution in [0.2, 0.25) is 0 Å². The van der Waals surface area contributed by atoms with E-state index in [1.165, 1.54) is 0 Å². The molecular formula is C22H26N6O3. The Morgan fingerprint density at radius 3 is 2.90 bits per heavy atom. The standard InChI is InChI=1S/C22H26N6O3/c1-14(2)25-21(29)17-7-4-8-23-20(17)15-6-5-9-28(13-15)22(30)18-10-19(31-26-18)16-11-24-27(3)12-16/h4,7-8,10-12,14-15H,5-6,9,13H2,1-3H3,(H,25,29)/t15-/m0/s1. The second-order valence-electron chi connectivity index (χ2n) is 8.13. The Labute approximate surface area is 180 Å². The third kappa shape index (κ3) is 4.50. The van der Waals surface area contributed by atoms with Crippen molar-refractivity contribution in [1.29, 1.82) is 0 Å². The molecule has 9 heteroatoms. The van der Waals surface area contributed by atoms with E-state index in [2.05, 4.69) is 20.6 Å². The molecule has 0 saturated carbocycles. The minimum absolute atomic E-state index is 0.0171. The van der Waals surface area contributed by atoms with Crippen LogP contribution in [0.4, 0.5) is 0 Å². The fourth-order valence-corrected chi connectivity index (χ4v) is 3.88. The van der Waals surface area contributed by atoms with Crippen molar-refractivity contribution in [2.24, 2.45) is 7.05 Å². The molecular weight excluding hydrogens is 396 g/mol. The van der Waals surface area contributed by atoms with Crippen LogP contribution in [0.15, 0.2) is 41.3 Å². The molecule has 0 spiro atoms. The Balaban J connectivity index is 1.51. The highest BCUT2D eigenvalue weighted by Crippen LogP contribution is 2.29. The first-order chi connectivity index (χ1) is 14.9. The Morgan fingerprint density at radius 2 is 2.16 bits per heavy atom. The first-order valence-electron chi connectivity index (χ1n) is 10.4. The normalized spacial score (nSPS) is 16.5. The number of pyridine rings is 1. The fourth-order valence-electron chi connectivity index (χ4n) is 3.88. The van der Waals surface area contributed by atoms with E-state index in [0.29, 0.717) is 24.4 Å². The summed E-state index contributed by atoms with van der Waals surface area (Å²) in [5.74, 6) is 0.158. The van der Waals surface area contributed by atoms with Crippen molar-refractivity contribution in [2.45, 2.75) is 38.6 Å². The molecule has 4 rings (SSSR count). The number of amides is 2. The molecule has 9 nitrogen and oxygen atoms in total. The van der Waals surface area contributed by atoms with Gasteiger partial charge in [-0.3, -0.25) is 19.3 Å². The van der Waals surface area contributed by atoms with Gasteiger partial charge in [-0.25, -0.2) is 0 Å². The molecule has 3 aromatic rings. The summed E-state index contributed by atoms with van der Waals surface area (Å²) in [4.78, 5) is 32.0. The molecule has 1 aliphatic rings. The summed E-state index contributed by atoms with van der Waals surface area (Å²) in [5, 5.41) is 11.0. The number of hydrogen-bond acceptors (Lipinski definition) is 6. The van der Waals surface area contributed by atoms with E-state index in [1.807, 2.05) is 20.9 Å². The van der Waals surface area contributed by atoms with Crippen LogP contribution in [0.25, 0.3) is 11.3 Å². The van der Waals surface area contributed by atoms with E-state index < -0.39 is 0 Å². The third-order valence-corrected chi connectivity index (χ3v) is 5.32. The maximum atomic E-state index is 13.1. The molecule has 0 radical (unpaired) electrons. The summed E-state index contributed by atoms with van der Waals surface area (Å²) < 4.78 is 7.02. The number of nitrogens with zero attached hydrogens (tertiary/aromatic N) is 5. The Hall–Kier alpha value is -3.49. The molecule has 31 heavy (non-hydrogen) atoms. The van der Waals surface area contributed by atoms with Gasteiger partial charge in [-0.15, -0.1) is 0 Å². The highest BCUT2D eigenvalue weighted by molar-refractivity contribution is 5.96. The van der Waals surface area contributed by atoms with Gasteiger partial charge in [0, 0.05) is 50.6 Å². The Bertz CT molecular complexity index is 1090. The molecule has 0 bridgehead atoms. The second-order valence-corrected chi connectivity index (χ2v) is 8.13. The van der Waals surface area contributed by atoms with Crippen LogP contribution in [-0.4, -0.2) is 55.8 Å². The predicted molar refractivity (Wildman–Crippen MR) is 113 cm³/mol. The van der Waals surface area contributed by atoms with Gasteiger partial charge in [-0.05, 0) is 38.8 Å². The summed E-state index contributed by atoms with van der Waals surface area (Å²) in [7, 11) is 1.81. The molecule has 1 fully saturated rings. The molecule has 1 N–H and O–H groups in total. The average molecular weight is 422 g/mol. The molecule has 0 aliphatic carbocycles. The summed E-state index contributed by atoms with van der Waals surface area (Å²) in [6.45, 7) is 4.96. The summed E-state index contributed by atoms with van der Waals surface area (Å²) in [5.41, 5.74) is 2.32. The molecule has 162 valence electrons. The highest BCUT2D eigenvalue weighted by Gasteiger charge is 2.30. The first-order valence-corrected chi connectivity index (χ1v) is 10.4. The Morgan fingerprint density at radius 1 is 1.32 bits per heavy atom. The van der Waals surface area contributed by atoms with Crippen molar-refractivity contribution in [3.05, 3.63) is 53.7 Å². The van der Waals surface area contributed by atoms with Crippen LogP contribution in [0.3, 0.4) is 0 Å². The fraction of sp³-hybridized carbons (Fsp3) is 0.409. The van der Waals surface area contributed by atoms with Crippen molar-refractivity contribution < 1.29 is 14.1 Å². The maximum absolute atomic E-state index is 13.1. The maximum Gasteiger partial charge on any atom is 0.276 e. The van der Waals surface area contributed by atoms with Gasteiger partial charge in [0.05, 0.1) is 23.0 Å². The number of likely N-dealkylation sites (tertiary alicyclic amines) is 1. The zero-order valence-electron chi connectivity index (χ0n) is 17.9. The van der Waals surface area contributed by atoms with Crippen LogP contribution in [0, 0.1) is 0 Å². The SMILES string of the molecule is CC(C)NC(=O)c1cccnc1[C@H]1CCCN(C(=O)c2cc(-c3cnn(C)c3)on2)C1. The zero-order chi connectivity index (χ0) is 22.0. The Kier molecular flexibility index (Phi) is 5.83. The van der Waals surface area contributed by atoms with E-state index in [1.54, 1.807) is 46.4 Å². The third-order valence-electron chi connectivity index (χ3n) is 5.32. The molecule has 4 heterocycles. The van der Waals surface area contributed by atoms with Crippen molar-refractivity contribution in [2.75, 3.05) is 13.1 Å². The van der Waals surface area contributed by atoms with Gasteiger partial charge in [-0.2, -0.15) is 5.10 Å². The van der Waals surface area contributed by atoms with Crippen molar-refractivity contribution in [3.63, 3.8) is 0 Å². The first kappa shape index (κ1) is 20.8. The number of nitrogens with one attached hydrogen (secondary N) is 1. The second kappa shape index (κ2) is 8.71. The molecule has 1 atom stereocenters. The molecule has 1 aliphatic heterocycles. The van der Waals surface area contributed by atoms with Crippen LogP contribution in [0.5, 0.6) is 0 Å².